The number of carbonyl (C=O) groups excluding carboxylic acids is 1. The molecule has 1 aliphatic heterocycles. The molecule has 0 aromatic heterocycles. The van der Waals surface area contributed by atoms with E-state index < -0.39 is 0 Å². The van der Waals surface area contributed by atoms with Crippen LogP contribution in [-0.4, -0.2) is 68.8 Å². The molecular formula is C17H26N4O2. The zero-order chi connectivity index (χ0) is 16.5. The van der Waals surface area contributed by atoms with Gasteiger partial charge in [-0.1, -0.05) is 18.2 Å². The number of carbonyl (C=O) groups is 1. The normalized spacial score (nSPS) is 15.9. The van der Waals surface area contributed by atoms with Crippen LogP contribution in [0.4, 0.5) is 10.5 Å². The SMILES string of the molecule is C=CCNC(=O)Nc1ccccc1OCCN1CCN(C)CC1. The summed E-state index contributed by atoms with van der Waals surface area (Å²) in [5.74, 6) is 0.690. The summed E-state index contributed by atoms with van der Waals surface area (Å²) in [5.41, 5.74) is 0.674. The number of hydrogen-bond acceptors (Lipinski definition) is 4. The Kier molecular flexibility index (Phi) is 6.90. The molecule has 0 spiro atoms. The average molecular weight is 318 g/mol. The van der Waals surface area contributed by atoms with Gasteiger partial charge in [-0.05, 0) is 19.2 Å². The molecule has 1 fully saturated rings. The monoisotopic (exact) mass is 318 g/mol. The summed E-state index contributed by atoms with van der Waals surface area (Å²) in [4.78, 5) is 16.5. The number of amides is 2. The molecule has 0 saturated carbocycles. The van der Waals surface area contributed by atoms with Gasteiger partial charge in [-0.2, -0.15) is 0 Å². The summed E-state index contributed by atoms with van der Waals surface area (Å²) >= 11 is 0. The van der Waals surface area contributed by atoms with Crippen LogP contribution in [0.1, 0.15) is 0 Å². The van der Waals surface area contributed by atoms with E-state index in [2.05, 4.69) is 34.1 Å². The second kappa shape index (κ2) is 9.17. The van der Waals surface area contributed by atoms with Crippen molar-refractivity contribution in [2.75, 3.05) is 58.2 Å². The van der Waals surface area contributed by atoms with E-state index in [9.17, 15) is 4.79 Å². The molecule has 0 atom stereocenters. The number of urea groups is 1. The maximum atomic E-state index is 11.7. The van der Waals surface area contributed by atoms with Crippen LogP contribution in [0, 0.1) is 0 Å². The highest BCUT2D eigenvalue weighted by atomic mass is 16.5. The number of nitrogens with one attached hydrogen (secondary N) is 2. The predicted molar refractivity (Wildman–Crippen MR) is 93.1 cm³/mol. The molecule has 126 valence electrons. The molecule has 2 amide bonds. The van der Waals surface area contributed by atoms with Crippen LogP contribution in [0.3, 0.4) is 0 Å². The van der Waals surface area contributed by atoms with E-state index in [-0.39, 0.29) is 6.03 Å². The number of piperazine rings is 1. The first-order chi connectivity index (χ1) is 11.2. The third-order valence-electron chi connectivity index (χ3n) is 3.80. The fourth-order valence-electron chi connectivity index (χ4n) is 2.38. The number of benzene rings is 1. The maximum Gasteiger partial charge on any atom is 0.319 e. The van der Waals surface area contributed by atoms with Gasteiger partial charge in [-0.3, -0.25) is 4.90 Å². The number of ether oxygens (including phenoxy) is 1. The van der Waals surface area contributed by atoms with Gasteiger partial charge in [0.15, 0.2) is 0 Å². The van der Waals surface area contributed by atoms with Gasteiger partial charge in [0.1, 0.15) is 12.4 Å². The Bertz CT molecular complexity index is 513. The van der Waals surface area contributed by atoms with Gasteiger partial charge in [0.25, 0.3) is 0 Å². The fourth-order valence-corrected chi connectivity index (χ4v) is 2.38. The zero-order valence-electron chi connectivity index (χ0n) is 13.8. The van der Waals surface area contributed by atoms with Crippen molar-refractivity contribution in [3.05, 3.63) is 36.9 Å². The fraction of sp³-hybridized carbons (Fsp3) is 0.471. The summed E-state index contributed by atoms with van der Waals surface area (Å²) < 4.78 is 5.85. The Labute approximate surface area is 138 Å². The minimum atomic E-state index is -0.264. The van der Waals surface area contributed by atoms with Gasteiger partial charge in [0.05, 0.1) is 5.69 Å². The molecule has 2 N–H and O–H groups in total. The first-order valence-corrected chi connectivity index (χ1v) is 7.97. The second-order valence-electron chi connectivity index (χ2n) is 5.61. The van der Waals surface area contributed by atoms with E-state index in [4.69, 9.17) is 4.74 Å². The van der Waals surface area contributed by atoms with Gasteiger partial charge in [0, 0.05) is 39.3 Å². The van der Waals surface area contributed by atoms with Crippen LogP contribution in [0.2, 0.25) is 0 Å². The standard InChI is InChI=1S/C17H26N4O2/c1-3-8-18-17(22)19-15-6-4-5-7-16(15)23-14-13-21-11-9-20(2)10-12-21/h3-7H,1,8-14H2,2H3,(H2,18,19,22). The highest BCUT2D eigenvalue weighted by Crippen LogP contribution is 2.23. The Morgan fingerprint density at radius 1 is 1.30 bits per heavy atom. The summed E-state index contributed by atoms with van der Waals surface area (Å²) in [6.45, 7) is 9.85. The molecule has 6 nitrogen and oxygen atoms in total. The van der Waals surface area contributed by atoms with Crippen LogP contribution in [0.15, 0.2) is 36.9 Å². The Morgan fingerprint density at radius 3 is 2.78 bits per heavy atom. The van der Waals surface area contributed by atoms with Crippen molar-refractivity contribution < 1.29 is 9.53 Å². The molecule has 1 aliphatic rings. The third kappa shape index (κ3) is 5.92. The Hall–Kier alpha value is -2.05. The number of hydrogen-bond donors (Lipinski definition) is 2. The lowest BCUT2D eigenvalue weighted by Crippen LogP contribution is -2.45. The van der Waals surface area contributed by atoms with E-state index in [1.165, 1.54) is 0 Å². The molecule has 0 bridgehead atoms. The molecule has 2 rings (SSSR count). The molecule has 1 saturated heterocycles. The highest BCUT2D eigenvalue weighted by molar-refractivity contribution is 5.90. The molecule has 6 heteroatoms. The molecule has 0 aliphatic carbocycles. The van der Waals surface area contributed by atoms with Crippen molar-refractivity contribution in [3.8, 4) is 5.75 Å². The minimum absolute atomic E-state index is 0.264. The lowest BCUT2D eigenvalue weighted by molar-refractivity contribution is 0.134. The van der Waals surface area contributed by atoms with Crippen LogP contribution in [0.25, 0.3) is 0 Å². The van der Waals surface area contributed by atoms with Crippen molar-refractivity contribution in [2.45, 2.75) is 0 Å². The summed E-state index contributed by atoms with van der Waals surface area (Å²) in [7, 11) is 2.15. The van der Waals surface area contributed by atoms with E-state index >= 15 is 0 Å². The highest BCUT2D eigenvalue weighted by Gasteiger charge is 2.13. The van der Waals surface area contributed by atoms with Crippen LogP contribution in [0.5, 0.6) is 5.75 Å². The van der Waals surface area contributed by atoms with Gasteiger partial charge in [-0.15, -0.1) is 6.58 Å². The first-order valence-electron chi connectivity index (χ1n) is 7.97. The average Bonchev–Trinajstić information content (AvgIpc) is 2.56. The summed E-state index contributed by atoms with van der Waals surface area (Å²) in [6.07, 6.45) is 1.64. The summed E-state index contributed by atoms with van der Waals surface area (Å²) in [6, 6.07) is 7.21. The minimum Gasteiger partial charge on any atom is -0.490 e. The molecule has 23 heavy (non-hydrogen) atoms. The summed E-state index contributed by atoms with van der Waals surface area (Å²) in [5, 5.41) is 5.48. The molecule has 1 aromatic rings. The first kappa shape index (κ1) is 17.3. The second-order valence-corrected chi connectivity index (χ2v) is 5.61. The van der Waals surface area contributed by atoms with E-state index in [0.717, 1.165) is 32.7 Å². The van der Waals surface area contributed by atoms with Crippen LogP contribution in [-0.2, 0) is 0 Å². The molecule has 1 aromatic carbocycles. The lowest BCUT2D eigenvalue weighted by Gasteiger charge is -2.32. The maximum absolute atomic E-state index is 11.7. The molecule has 0 radical (unpaired) electrons. The molecule has 0 unspecified atom stereocenters. The van der Waals surface area contributed by atoms with E-state index in [0.29, 0.717) is 24.6 Å². The van der Waals surface area contributed by atoms with Crippen LogP contribution >= 0.6 is 0 Å². The van der Waals surface area contributed by atoms with Crippen molar-refractivity contribution in [3.63, 3.8) is 0 Å². The topological polar surface area (TPSA) is 56.8 Å². The molecular weight excluding hydrogens is 292 g/mol. The number of likely N-dealkylation sites (N-methyl/N-ethyl adjacent to an activating group) is 1. The zero-order valence-corrected chi connectivity index (χ0v) is 13.8. The number of para-hydroxylation sites is 2. The van der Waals surface area contributed by atoms with Gasteiger partial charge >= 0.3 is 6.03 Å². The number of nitrogens with zero attached hydrogens (tertiary/aromatic N) is 2. The lowest BCUT2D eigenvalue weighted by atomic mass is 10.3. The van der Waals surface area contributed by atoms with E-state index in [1.54, 1.807) is 6.08 Å². The Balaban J connectivity index is 1.80. The van der Waals surface area contributed by atoms with Gasteiger partial charge in [0.2, 0.25) is 0 Å². The van der Waals surface area contributed by atoms with Crippen molar-refractivity contribution >= 4 is 11.7 Å². The van der Waals surface area contributed by atoms with Crippen LogP contribution < -0.4 is 15.4 Å². The number of anilines is 1. The van der Waals surface area contributed by atoms with Crippen molar-refractivity contribution in [1.29, 1.82) is 0 Å². The third-order valence-corrected chi connectivity index (χ3v) is 3.80. The van der Waals surface area contributed by atoms with Crippen molar-refractivity contribution in [1.82, 2.24) is 15.1 Å². The molecule has 1 heterocycles. The van der Waals surface area contributed by atoms with Gasteiger partial charge in [-0.25, -0.2) is 4.79 Å². The predicted octanol–water partition coefficient (Wildman–Crippen LogP) is 1.62. The Morgan fingerprint density at radius 2 is 2.04 bits per heavy atom. The van der Waals surface area contributed by atoms with Crippen molar-refractivity contribution in [2.24, 2.45) is 0 Å². The quantitative estimate of drug-likeness (QED) is 0.750. The number of rotatable bonds is 7. The smallest absolute Gasteiger partial charge is 0.319 e. The largest absolute Gasteiger partial charge is 0.490 e. The van der Waals surface area contributed by atoms with E-state index in [1.807, 2.05) is 24.3 Å². The van der Waals surface area contributed by atoms with Gasteiger partial charge < -0.3 is 20.3 Å².